The molecular formula is C17H20N4O. The number of pyridine rings is 1. The number of aryl methyl sites for hydroxylation is 1. The van der Waals surface area contributed by atoms with Crippen molar-refractivity contribution in [3.8, 4) is 0 Å². The maximum Gasteiger partial charge on any atom is 0.242 e. The van der Waals surface area contributed by atoms with Crippen LogP contribution in [0.25, 0.3) is 11.0 Å². The summed E-state index contributed by atoms with van der Waals surface area (Å²) in [7, 11) is 0. The average molecular weight is 296 g/mol. The van der Waals surface area contributed by atoms with Crippen LogP contribution in [-0.2, 0) is 11.3 Å². The van der Waals surface area contributed by atoms with Gasteiger partial charge in [0.25, 0.3) is 0 Å². The molecule has 1 fully saturated rings. The van der Waals surface area contributed by atoms with Crippen LogP contribution in [0.3, 0.4) is 0 Å². The number of rotatable bonds is 3. The van der Waals surface area contributed by atoms with E-state index in [1.807, 2.05) is 19.1 Å². The molecule has 114 valence electrons. The predicted molar refractivity (Wildman–Crippen MR) is 84.2 cm³/mol. The number of aromatic nitrogens is 3. The number of carbonyl (C=O) groups is 1. The molecular weight excluding hydrogens is 276 g/mol. The Balaban J connectivity index is 1.49. The van der Waals surface area contributed by atoms with Gasteiger partial charge in [-0.25, -0.2) is 9.67 Å². The second kappa shape index (κ2) is 5.23. The van der Waals surface area contributed by atoms with Crippen LogP contribution in [0, 0.1) is 18.8 Å². The quantitative estimate of drug-likeness (QED) is 0.883. The molecule has 5 heteroatoms. The van der Waals surface area contributed by atoms with Crippen molar-refractivity contribution in [2.45, 2.75) is 38.8 Å². The van der Waals surface area contributed by atoms with E-state index >= 15 is 0 Å². The van der Waals surface area contributed by atoms with Gasteiger partial charge in [-0.1, -0.05) is 12.2 Å². The Morgan fingerprint density at radius 1 is 1.41 bits per heavy atom. The third kappa shape index (κ3) is 2.30. The van der Waals surface area contributed by atoms with Gasteiger partial charge in [-0.2, -0.15) is 5.10 Å². The zero-order valence-electron chi connectivity index (χ0n) is 12.7. The number of amides is 1. The highest BCUT2D eigenvalue weighted by molar-refractivity contribution is 5.81. The van der Waals surface area contributed by atoms with Crippen LogP contribution in [0.5, 0.6) is 0 Å². The van der Waals surface area contributed by atoms with Gasteiger partial charge >= 0.3 is 0 Å². The predicted octanol–water partition coefficient (Wildman–Crippen LogP) is 2.21. The van der Waals surface area contributed by atoms with Gasteiger partial charge in [0.2, 0.25) is 5.91 Å². The number of hydrogen-bond donors (Lipinski definition) is 1. The summed E-state index contributed by atoms with van der Waals surface area (Å²) in [6.45, 7) is 2.18. The van der Waals surface area contributed by atoms with Crippen molar-refractivity contribution in [1.82, 2.24) is 20.1 Å². The van der Waals surface area contributed by atoms with Crippen LogP contribution >= 0.6 is 0 Å². The van der Waals surface area contributed by atoms with Gasteiger partial charge in [0.05, 0.1) is 5.69 Å². The molecule has 3 aliphatic carbocycles. The Labute approximate surface area is 129 Å². The van der Waals surface area contributed by atoms with Crippen molar-refractivity contribution in [3.63, 3.8) is 0 Å². The van der Waals surface area contributed by atoms with Crippen LogP contribution in [0.15, 0.2) is 30.5 Å². The van der Waals surface area contributed by atoms with Crippen molar-refractivity contribution in [2.75, 3.05) is 0 Å². The first-order chi connectivity index (χ1) is 10.7. The second-order valence-electron chi connectivity index (χ2n) is 6.41. The molecule has 2 aromatic heterocycles. The lowest BCUT2D eigenvalue weighted by molar-refractivity contribution is -0.123. The Kier molecular flexibility index (Phi) is 3.21. The fourth-order valence-electron chi connectivity index (χ4n) is 3.76. The topological polar surface area (TPSA) is 59.8 Å². The van der Waals surface area contributed by atoms with Crippen LogP contribution in [0.1, 0.15) is 25.0 Å². The molecule has 3 unspecified atom stereocenters. The van der Waals surface area contributed by atoms with E-state index in [-0.39, 0.29) is 18.5 Å². The molecule has 3 aliphatic rings. The maximum absolute atomic E-state index is 12.4. The number of hydrogen-bond acceptors (Lipinski definition) is 3. The maximum atomic E-state index is 12.4. The summed E-state index contributed by atoms with van der Waals surface area (Å²) in [5, 5.41) is 8.65. The molecule has 1 N–H and O–H groups in total. The lowest BCUT2D eigenvalue weighted by atomic mass is 9.73. The fraction of sp³-hybridized carbons (Fsp3) is 0.471. The highest BCUT2D eigenvalue weighted by atomic mass is 16.2. The summed E-state index contributed by atoms with van der Waals surface area (Å²) in [5.41, 5.74) is 1.69. The Morgan fingerprint density at radius 2 is 2.32 bits per heavy atom. The summed E-state index contributed by atoms with van der Waals surface area (Å²) in [4.78, 5) is 16.7. The van der Waals surface area contributed by atoms with E-state index in [1.165, 1.54) is 12.8 Å². The van der Waals surface area contributed by atoms with Crippen molar-refractivity contribution in [3.05, 3.63) is 36.2 Å². The summed E-state index contributed by atoms with van der Waals surface area (Å²) < 4.78 is 1.71. The highest BCUT2D eigenvalue weighted by Gasteiger charge is 2.32. The number of carbonyl (C=O) groups excluding carboxylic acids is 1. The molecule has 2 heterocycles. The first kappa shape index (κ1) is 13.5. The largest absolute Gasteiger partial charge is 0.351 e. The Morgan fingerprint density at radius 3 is 3.05 bits per heavy atom. The van der Waals surface area contributed by atoms with E-state index in [2.05, 4.69) is 27.6 Å². The normalized spacial score (nSPS) is 26.5. The average Bonchev–Trinajstić information content (AvgIpc) is 2.85. The third-order valence-corrected chi connectivity index (χ3v) is 4.91. The van der Waals surface area contributed by atoms with Crippen molar-refractivity contribution >= 4 is 16.9 Å². The summed E-state index contributed by atoms with van der Waals surface area (Å²) in [6, 6.07) is 4.17. The van der Waals surface area contributed by atoms with Crippen molar-refractivity contribution in [1.29, 1.82) is 0 Å². The number of allylic oxidation sites excluding steroid dienone is 1. The first-order valence-electron chi connectivity index (χ1n) is 7.96. The van der Waals surface area contributed by atoms with E-state index in [0.29, 0.717) is 11.8 Å². The molecule has 0 radical (unpaired) electrons. The van der Waals surface area contributed by atoms with Gasteiger partial charge in [0, 0.05) is 17.6 Å². The molecule has 0 spiro atoms. The molecule has 22 heavy (non-hydrogen) atoms. The summed E-state index contributed by atoms with van der Waals surface area (Å²) in [5.74, 6) is 1.17. The SMILES string of the molecule is Cc1nn(CC(=O)NC2CC3C=CC2CC3)c2ncccc12. The molecule has 5 rings (SSSR count). The van der Waals surface area contributed by atoms with Crippen LogP contribution in [0.2, 0.25) is 0 Å². The van der Waals surface area contributed by atoms with Gasteiger partial charge in [0.15, 0.2) is 5.65 Å². The molecule has 5 nitrogen and oxygen atoms in total. The van der Waals surface area contributed by atoms with Crippen LogP contribution in [0.4, 0.5) is 0 Å². The van der Waals surface area contributed by atoms with Gasteiger partial charge < -0.3 is 5.32 Å². The zero-order chi connectivity index (χ0) is 15.1. The summed E-state index contributed by atoms with van der Waals surface area (Å²) >= 11 is 0. The number of fused-ring (bicyclic) bond motifs is 3. The van der Waals surface area contributed by atoms with E-state index in [9.17, 15) is 4.79 Å². The lowest BCUT2D eigenvalue weighted by Gasteiger charge is -2.38. The monoisotopic (exact) mass is 296 g/mol. The van der Waals surface area contributed by atoms with Crippen molar-refractivity contribution < 1.29 is 4.79 Å². The fourth-order valence-corrected chi connectivity index (χ4v) is 3.76. The smallest absolute Gasteiger partial charge is 0.242 e. The van der Waals surface area contributed by atoms with Gasteiger partial charge in [-0.15, -0.1) is 0 Å². The summed E-state index contributed by atoms with van der Waals surface area (Å²) in [6.07, 6.45) is 9.85. The van der Waals surface area contributed by atoms with E-state index in [1.54, 1.807) is 10.9 Å². The molecule has 0 aromatic carbocycles. The van der Waals surface area contributed by atoms with E-state index < -0.39 is 0 Å². The minimum Gasteiger partial charge on any atom is -0.351 e. The van der Waals surface area contributed by atoms with Crippen LogP contribution in [-0.4, -0.2) is 26.7 Å². The van der Waals surface area contributed by atoms with Gasteiger partial charge in [0.1, 0.15) is 6.54 Å². The zero-order valence-corrected chi connectivity index (χ0v) is 12.7. The van der Waals surface area contributed by atoms with Crippen molar-refractivity contribution in [2.24, 2.45) is 11.8 Å². The minimum atomic E-state index is 0.0287. The molecule has 0 saturated heterocycles. The van der Waals surface area contributed by atoms with E-state index in [4.69, 9.17) is 0 Å². The van der Waals surface area contributed by atoms with Gasteiger partial charge in [-0.05, 0) is 50.2 Å². The number of nitrogens with zero attached hydrogens (tertiary/aromatic N) is 3. The van der Waals surface area contributed by atoms with Gasteiger partial charge in [-0.3, -0.25) is 4.79 Å². The second-order valence-corrected chi connectivity index (χ2v) is 6.41. The van der Waals surface area contributed by atoms with Crippen LogP contribution < -0.4 is 5.32 Å². The first-order valence-corrected chi connectivity index (χ1v) is 7.96. The Bertz CT molecular complexity index is 748. The molecule has 1 amide bonds. The lowest BCUT2D eigenvalue weighted by Crippen LogP contribution is -2.46. The number of nitrogens with one attached hydrogen (secondary N) is 1. The minimum absolute atomic E-state index is 0.0287. The molecule has 2 bridgehead atoms. The highest BCUT2D eigenvalue weighted by Crippen LogP contribution is 2.36. The standard InChI is InChI=1S/C17H20N4O/c1-11-14-3-2-8-18-17(14)21(20-11)10-16(22)19-15-9-12-4-6-13(15)7-5-12/h2-4,6,8,12-13,15H,5,7,9-10H2,1H3,(H,19,22). The molecule has 1 saturated carbocycles. The molecule has 2 aromatic rings. The van der Waals surface area contributed by atoms with E-state index in [0.717, 1.165) is 23.1 Å². The Hall–Kier alpha value is -2.17. The molecule has 3 atom stereocenters. The third-order valence-electron chi connectivity index (χ3n) is 4.91. The molecule has 0 aliphatic heterocycles.